The summed E-state index contributed by atoms with van der Waals surface area (Å²) in [5.74, 6) is 0.974. The molecule has 0 radical (unpaired) electrons. The van der Waals surface area contributed by atoms with Gasteiger partial charge in [-0.05, 0) is 54.2 Å². The fourth-order valence-electron chi connectivity index (χ4n) is 2.33. The van der Waals surface area contributed by atoms with Crippen LogP contribution in [0.3, 0.4) is 0 Å². The average Bonchev–Trinajstić information content (AvgIpc) is 2.49. The topological polar surface area (TPSA) is 29.5 Å². The van der Waals surface area contributed by atoms with Gasteiger partial charge in [0.15, 0.2) is 0 Å². The van der Waals surface area contributed by atoms with E-state index in [4.69, 9.17) is 16.3 Å². The van der Waals surface area contributed by atoms with Crippen LogP contribution in [0.5, 0.6) is 5.75 Å². The number of aliphatic hydroxyl groups is 1. The summed E-state index contributed by atoms with van der Waals surface area (Å²) in [7, 11) is 1.66. The molecule has 0 amide bonds. The molecule has 0 saturated carbocycles. The zero-order valence-electron chi connectivity index (χ0n) is 11.9. The molecular weight excluding hydrogens is 352 g/mol. The molecule has 4 heteroatoms. The fourth-order valence-corrected chi connectivity index (χ4v) is 3.08. The van der Waals surface area contributed by atoms with Crippen LogP contribution in [-0.2, 0) is 12.8 Å². The molecule has 0 aliphatic rings. The molecule has 0 spiro atoms. The molecule has 0 heterocycles. The van der Waals surface area contributed by atoms with Gasteiger partial charge < -0.3 is 9.84 Å². The van der Waals surface area contributed by atoms with Crippen molar-refractivity contribution < 1.29 is 9.84 Å². The third kappa shape index (κ3) is 4.73. The van der Waals surface area contributed by atoms with Crippen LogP contribution in [0.1, 0.15) is 11.1 Å². The van der Waals surface area contributed by atoms with Gasteiger partial charge in [-0.3, -0.25) is 0 Å². The number of rotatable bonds is 6. The molecule has 2 rings (SSSR count). The Morgan fingerprint density at radius 1 is 1.19 bits per heavy atom. The lowest BCUT2D eigenvalue weighted by Gasteiger charge is -2.16. The predicted octanol–water partition coefficient (Wildman–Crippen LogP) is 4.50. The molecule has 1 atom stereocenters. The number of methoxy groups -OCH3 is 1. The Balaban J connectivity index is 2.09. The second-order valence-corrected chi connectivity index (χ2v) is 6.37. The van der Waals surface area contributed by atoms with E-state index in [9.17, 15) is 5.11 Å². The van der Waals surface area contributed by atoms with E-state index in [0.717, 1.165) is 39.2 Å². The van der Waals surface area contributed by atoms with Crippen LogP contribution in [0.15, 0.2) is 46.9 Å². The predicted molar refractivity (Wildman–Crippen MR) is 90.1 cm³/mol. The van der Waals surface area contributed by atoms with Crippen molar-refractivity contribution in [3.63, 3.8) is 0 Å². The molecule has 1 unspecified atom stereocenters. The standard InChI is InChI=1S/C17H18BrClO2/c1-21-16-4-2-3-12(9-16)7-13(11-20)8-14-5-6-15(18)10-17(14)19/h2-6,9-10,13,20H,7-8,11H2,1H3. The summed E-state index contributed by atoms with van der Waals surface area (Å²) in [5.41, 5.74) is 2.21. The Morgan fingerprint density at radius 2 is 2.00 bits per heavy atom. The van der Waals surface area contributed by atoms with E-state index in [2.05, 4.69) is 15.9 Å². The molecule has 0 saturated heterocycles. The van der Waals surface area contributed by atoms with Gasteiger partial charge in [0.1, 0.15) is 5.75 Å². The van der Waals surface area contributed by atoms with Crippen molar-refractivity contribution in [2.75, 3.05) is 13.7 Å². The first-order chi connectivity index (χ1) is 10.1. The summed E-state index contributed by atoms with van der Waals surface area (Å²) in [6, 6.07) is 13.8. The van der Waals surface area contributed by atoms with Gasteiger partial charge in [0.25, 0.3) is 0 Å². The Bertz CT molecular complexity index is 601. The number of aliphatic hydroxyl groups excluding tert-OH is 1. The quantitative estimate of drug-likeness (QED) is 0.812. The molecule has 2 aromatic carbocycles. The first kappa shape index (κ1) is 16.3. The third-order valence-corrected chi connectivity index (χ3v) is 4.29. The van der Waals surface area contributed by atoms with E-state index >= 15 is 0 Å². The molecule has 0 fully saturated rings. The molecule has 112 valence electrons. The lowest BCUT2D eigenvalue weighted by Crippen LogP contribution is -2.13. The van der Waals surface area contributed by atoms with Gasteiger partial charge in [-0.25, -0.2) is 0 Å². The summed E-state index contributed by atoms with van der Waals surface area (Å²) in [6.45, 7) is 0.129. The monoisotopic (exact) mass is 368 g/mol. The Kier molecular flexibility index (Phi) is 6.09. The summed E-state index contributed by atoms with van der Waals surface area (Å²) < 4.78 is 6.19. The number of ether oxygens (including phenoxy) is 1. The van der Waals surface area contributed by atoms with E-state index in [1.54, 1.807) is 7.11 Å². The normalized spacial score (nSPS) is 12.2. The van der Waals surface area contributed by atoms with Crippen LogP contribution >= 0.6 is 27.5 Å². The third-order valence-electron chi connectivity index (χ3n) is 3.44. The second-order valence-electron chi connectivity index (χ2n) is 5.04. The van der Waals surface area contributed by atoms with Crippen LogP contribution in [0, 0.1) is 5.92 Å². The Morgan fingerprint density at radius 3 is 2.67 bits per heavy atom. The fraction of sp³-hybridized carbons (Fsp3) is 0.294. The summed E-state index contributed by atoms with van der Waals surface area (Å²) in [6.07, 6.45) is 1.54. The first-order valence-corrected chi connectivity index (χ1v) is 7.97. The smallest absolute Gasteiger partial charge is 0.119 e. The number of hydrogen-bond donors (Lipinski definition) is 1. The van der Waals surface area contributed by atoms with Crippen molar-refractivity contribution in [1.29, 1.82) is 0 Å². The minimum absolute atomic E-state index is 0.129. The van der Waals surface area contributed by atoms with Crippen molar-refractivity contribution in [2.24, 2.45) is 5.92 Å². The highest BCUT2D eigenvalue weighted by Gasteiger charge is 2.12. The molecule has 0 bridgehead atoms. The maximum absolute atomic E-state index is 9.64. The molecule has 0 aliphatic carbocycles. The van der Waals surface area contributed by atoms with E-state index in [-0.39, 0.29) is 12.5 Å². The Hall–Kier alpha value is -1.03. The SMILES string of the molecule is COc1cccc(CC(CO)Cc2ccc(Br)cc2Cl)c1. The molecule has 1 N–H and O–H groups in total. The van der Waals surface area contributed by atoms with Crippen molar-refractivity contribution >= 4 is 27.5 Å². The molecule has 2 nitrogen and oxygen atoms in total. The minimum Gasteiger partial charge on any atom is -0.497 e. The van der Waals surface area contributed by atoms with Gasteiger partial charge >= 0.3 is 0 Å². The minimum atomic E-state index is 0.129. The molecule has 0 aliphatic heterocycles. The maximum atomic E-state index is 9.64. The maximum Gasteiger partial charge on any atom is 0.119 e. The largest absolute Gasteiger partial charge is 0.497 e. The molecule has 2 aromatic rings. The van der Waals surface area contributed by atoms with Crippen LogP contribution in [0.2, 0.25) is 5.02 Å². The van der Waals surface area contributed by atoms with Crippen molar-refractivity contribution in [3.8, 4) is 5.75 Å². The first-order valence-electron chi connectivity index (χ1n) is 6.80. The molecule has 21 heavy (non-hydrogen) atoms. The summed E-state index contributed by atoms with van der Waals surface area (Å²) in [5, 5.41) is 10.4. The second kappa shape index (κ2) is 7.83. The van der Waals surface area contributed by atoms with Gasteiger partial charge in [-0.15, -0.1) is 0 Å². The highest BCUT2D eigenvalue weighted by Crippen LogP contribution is 2.25. The van der Waals surface area contributed by atoms with Crippen LogP contribution < -0.4 is 4.74 Å². The zero-order chi connectivity index (χ0) is 15.2. The van der Waals surface area contributed by atoms with Crippen molar-refractivity contribution in [1.82, 2.24) is 0 Å². The number of hydrogen-bond acceptors (Lipinski definition) is 2. The highest BCUT2D eigenvalue weighted by atomic mass is 79.9. The van der Waals surface area contributed by atoms with Crippen molar-refractivity contribution in [3.05, 3.63) is 63.1 Å². The molecule has 0 aromatic heterocycles. The molecular formula is C17H18BrClO2. The highest BCUT2D eigenvalue weighted by molar-refractivity contribution is 9.10. The van der Waals surface area contributed by atoms with Gasteiger partial charge in [0, 0.05) is 16.1 Å². The Labute approximate surface area is 138 Å². The summed E-state index contributed by atoms with van der Waals surface area (Å²) >= 11 is 9.65. The average molecular weight is 370 g/mol. The zero-order valence-corrected chi connectivity index (χ0v) is 14.2. The van der Waals surface area contributed by atoms with E-state index < -0.39 is 0 Å². The lowest BCUT2D eigenvalue weighted by molar-refractivity contribution is 0.225. The van der Waals surface area contributed by atoms with Crippen molar-refractivity contribution in [2.45, 2.75) is 12.8 Å². The number of benzene rings is 2. The van der Waals surface area contributed by atoms with Crippen LogP contribution in [0.25, 0.3) is 0 Å². The van der Waals surface area contributed by atoms with Gasteiger partial charge in [-0.2, -0.15) is 0 Å². The van der Waals surface area contributed by atoms with E-state index in [0.29, 0.717) is 0 Å². The number of halogens is 2. The van der Waals surface area contributed by atoms with Gasteiger partial charge in [0.05, 0.1) is 7.11 Å². The summed E-state index contributed by atoms with van der Waals surface area (Å²) in [4.78, 5) is 0. The van der Waals surface area contributed by atoms with E-state index in [1.807, 2.05) is 42.5 Å². The van der Waals surface area contributed by atoms with Gasteiger partial charge in [0.2, 0.25) is 0 Å². The lowest BCUT2D eigenvalue weighted by atomic mass is 9.93. The van der Waals surface area contributed by atoms with Crippen LogP contribution in [0.4, 0.5) is 0 Å². The van der Waals surface area contributed by atoms with E-state index in [1.165, 1.54) is 0 Å². The van der Waals surface area contributed by atoms with Crippen LogP contribution in [-0.4, -0.2) is 18.8 Å². The van der Waals surface area contributed by atoms with Gasteiger partial charge in [-0.1, -0.05) is 45.7 Å².